The van der Waals surface area contributed by atoms with Crippen LogP contribution in [0.2, 0.25) is 0 Å². The van der Waals surface area contributed by atoms with Gasteiger partial charge < -0.3 is 4.74 Å². The predicted octanol–water partition coefficient (Wildman–Crippen LogP) is 4.80. The Kier molecular flexibility index (Phi) is 5.54. The third kappa shape index (κ3) is 4.41. The van der Waals surface area contributed by atoms with E-state index in [1.807, 2.05) is 0 Å². The Morgan fingerprint density at radius 3 is 2.35 bits per heavy atom. The van der Waals surface area contributed by atoms with E-state index in [1.165, 1.54) is 30.4 Å². The average Bonchev–Trinajstić information content (AvgIpc) is 2.28. The summed E-state index contributed by atoms with van der Waals surface area (Å²) in [4.78, 5) is 0. The zero-order valence-corrected chi connectivity index (χ0v) is 11.9. The fourth-order valence-corrected chi connectivity index (χ4v) is 2.10. The van der Waals surface area contributed by atoms with Gasteiger partial charge in [0.15, 0.2) is 0 Å². The first kappa shape index (κ1) is 14.1. The van der Waals surface area contributed by atoms with Crippen LogP contribution in [0.4, 0.5) is 0 Å². The molecule has 0 atom stereocenters. The van der Waals surface area contributed by atoms with Crippen LogP contribution >= 0.6 is 0 Å². The van der Waals surface area contributed by atoms with E-state index in [9.17, 15) is 0 Å². The van der Waals surface area contributed by atoms with Crippen molar-refractivity contribution in [2.24, 2.45) is 5.92 Å². The van der Waals surface area contributed by atoms with Crippen LogP contribution < -0.4 is 4.74 Å². The second-order valence-corrected chi connectivity index (χ2v) is 5.52. The first-order chi connectivity index (χ1) is 8.04. The van der Waals surface area contributed by atoms with Crippen molar-refractivity contribution < 1.29 is 4.74 Å². The van der Waals surface area contributed by atoms with Crippen LogP contribution in [0, 0.1) is 5.92 Å². The first-order valence-electron chi connectivity index (χ1n) is 6.71. The minimum absolute atomic E-state index is 0.523. The molecule has 0 aromatic heterocycles. The second kappa shape index (κ2) is 6.68. The zero-order valence-electron chi connectivity index (χ0n) is 11.9. The third-order valence-corrected chi connectivity index (χ3v) is 3.16. The van der Waals surface area contributed by atoms with E-state index in [-0.39, 0.29) is 0 Å². The Morgan fingerprint density at radius 2 is 1.82 bits per heavy atom. The molecule has 0 amide bonds. The number of aryl methyl sites for hydroxylation is 1. The topological polar surface area (TPSA) is 9.23 Å². The highest BCUT2D eigenvalue weighted by Crippen LogP contribution is 2.27. The molecule has 1 nitrogen and oxygen atoms in total. The van der Waals surface area contributed by atoms with Gasteiger partial charge in [-0.05, 0) is 41.9 Å². The highest BCUT2D eigenvalue weighted by Gasteiger charge is 2.08. The summed E-state index contributed by atoms with van der Waals surface area (Å²) in [7, 11) is 1.75. The van der Waals surface area contributed by atoms with E-state index in [4.69, 9.17) is 4.74 Å². The lowest BCUT2D eigenvalue weighted by Gasteiger charge is -2.13. The molecule has 0 aliphatic heterocycles. The van der Waals surface area contributed by atoms with E-state index >= 15 is 0 Å². The zero-order chi connectivity index (χ0) is 12.8. The minimum atomic E-state index is 0.523. The molecule has 1 aromatic carbocycles. The van der Waals surface area contributed by atoms with Gasteiger partial charge in [0.2, 0.25) is 0 Å². The smallest absolute Gasteiger partial charge is 0.122 e. The van der Waals surface area contributed by atoms with Gasteiger partial charge in [-0.2, -0.15) is 0 Å². The van der Waals surface area contributed by atoms with Crippen LogP contribution in [0.1, 0.15) is 57.6 Å². The molecular formula is C16H26O. The van der Waals surface area contributed by atoms with Gasteiger partial charge in [-0.25, -0.2) is 0 Å². The van der Waals surface area contributed by atoms with Crippen LogP contribution in [0.3, 0.4) is 0 Å². The van der Waals surface area contributed by atoms with Gasteiger partial charge in [0.05, 0.1) is 7.11 Å². The van der Waals surface area contributed by atoms with Crippen molar-refractivity contribution >= 4 is 0 Å². The van der Waals surface area contributed by atoms with E-state index < -0.39 is 0 Å². The summed E-state index contributed by atoms with van der Waals surface area (Å²) in [6, 6.07) is 6.62. The van der Waals surface area contributed by atoms with Gasteiger partial charge >= 0.3 is 0 Å². The molecule has 0 spiro atoms. The number of methoxy groups -OCH3 is 1. The van der Waals surface area contributed by atoms with Crippen molar-refractivity contribution in [3.8, 4) is 5.75 Å². The Bertz CT molecular complexity index is 339. The average molecular weight is 234 g/mol. The lowest BCUT2D eigenvalue weighted by molar-refractivity contribution is 0.407. The van der Waals surface area contributed by atoms with E-state index in [0.717, 1.165) is 11.7 Å². The maximum Gasteiger partial charge on any atom is 0.122 e. The number of hydrogen-bond acceptors (Lipinski definition) is 1. The van der Waals surface area contributed by atoms with Crippen LogP contribution in [0.5, 0.6) is 5.75 Å². The lowest BCUT2D eigenvalue weighted by Crippen LogP contribution is -1.97. The summed E-state index contributed by atoms with van der Waals surface area (Å²) >= 11 is 0. The van der Waals surface area contributed by atoms with E-state index in [2.05, 4.69) is 45.9 Å². The Labute approximate surface area is 106 Å². The van der Waals surface area contributed by atoms with Crippen molar-refractivity contribution in [1.29, 1.82) is 0 Å². The van der Waals surface area contributed by atoms with E-state index in [1.54, 1.807) is 7.11 Å². The minimum Gasteiger partial charge on any atom is -0.496 e. The molecule has 0 fully saturated rings. The molecule has 0 N–H and O–H groups in total. The van der Waals surface area contributed by atoms with Crippen molar-refractivity contribution in [3.63, 3.8) is 0 Å². The van der Waals surface area contributed by atoms with Gasteiger partial charge in [-0.1, -0.05) is 46.2 Å². The molecular weight excluding hydrogens is 208 g/mol. The van der Waals surface area contributed by atoms with Gasteiger partial charge in [-0.3, -0.25) is 0 Å². The third-order valence-electron chi connectivity index (χ3n) is 3.16. The van der Waals surface area contributed by atoms with Crippen LogP contribution in [0.25, 0.3) is 0 Å². The molecule has 0 aliphatic rings. The van der Waals surface area contributed by atoms with Crippen molar-refractivity contribution in [1.82, 2.24) is 0 Å². The maximum absolute atomic E-state index is 5.40. The summed E-state index contributed by atoms with van der Waals surface area (Å²) in [5.74, 6) is 2.35. The van der Waals surface area contributed by atoms with Crippen LogP contribution in [0.15, 0.2) is 18.2 Å². The Hall–Kier alpha value is -0.980. The molecule has 0 bridgehead atoms. The van der Waals surface area contributed by atoms with Gasteiger partial charge in [0.25, 0.3) is 0 Å². The van der Waals surface area contributed by atoms with Gasteiger partial charge in [0, 0.05) is 0 Å². The second-order valence-electron chi connectivity index (χ2n) is 5.52. The standard InChI is InChI=1S/C16H26O/c1-12(2)7-6-8-14-9-10-16(17-5)15(11-14)13(3)4/h9-13H,6-8H2,1-5H3. The molecule has 0 saturated heterocycles. The molecule has 0 heterocycles. The lowest BCUT2D eigenvalue weighted by atomic mass is 9.96. The predicted molar refractivity (Wildman–Crippen MR) is 74.9 cm³/mol. The van der Waals surface area contributed by atoms with Crippen molar-refractivity contribution in [2.45, 2.75) is 52.9 Å². The van der Waals surface area contributed by atoms with Crippen molar-refractivity contribution in [3.05, 3.63) is 29.3 Å². The van der Waals surface area contributed by atoms with E-state index in [0.29, 0.717) is 5.92 Å². The molecule has 0 saturated carbocycles. The summed E-state index contributed by atoms with van der Waals surface area (Å²) in [6.07, 6.45) is 3.77. The molecule has 17 heavy (non-hydrogen) atoms. The fourth-order valence-electron chi connectivity index (χ4n) is 2.10. The Morgan fingerprint density at radius 1 is 1.12 bits per heavy atom. The molecule has 0 aliphatic carbocycles. The molecule has 1 aromatic rings. The largest absolute Gasteiger partial charge is 0.496 e. The van der Waals surface area contributed by atoms with Crippen LogP contribution in [-0.4, -0.2) is 7.11 Å². The monoisotopic (exact) mass is 234 g/mol. The maximum atomic E-state index is 5.40. The highest BCUT2D eigenvalue weighted by molar-refractivity contribution is 5.39. The molecule has 1 heteroatoms. The molecule has 0 radical (unpaired) electrons. The highest BCUT2D eigenvalue weighted by atomic mass is 16.5. The molecule has 96 valence electrons. The summed E-state index contributed by atoms with van der Waals surface area (Å²) in [5.41, 5.74) is 2.77. The van der Waals surface area contributed by atoms with Gasteiger partial charge in [0.1, 0.15) is 5.75 Å². The summed E-state index contributed by atoms with van der Waals surface area (Å²) in [6.45, 7) is 9.01. The van der Waals surface area contributed by atoms with Crippen molar-refractivity contribution in [2.75, 3.05) is 7.11 Å². The van der Waals surface area contributed by atoms with Crippen LogP contribution in [-0.2, 0) is 6.42 Å². The SMILES string of the molecule is COc1ccc(CCCC(C)C)cc1C(C)C. The number of hydrogen-bond donors (Lipinski definition) is 0. The number of benzene rings is 1. The normalized spacial score (nSPS) is 11.2. The number of ether oxygens (including phenoxy) is 1. The summed E-state index contributed by atoms with van der Waals surface area (Å²) in [5, 5.41) is 0. The Balaban J connectivity index is 2.71. The molecule has 0 unspecified atom stereocenters. The molecule has 1 rings (SSSR count). The first-order valence-corrected chi connectivity index (χ1v) is 6.71. The van der Waals surface area contributed by atoms with Gasteiger partial charge in [-0.15, -0.1) is 0 Å². The fraction of sp³-hybridized carbons (Fsp3) is 0.625. The quantitative estimate of drug-likeness (QED) is 0.687. The summed E-state index contributed by atoms with van der Waals surface area (Å²) < 4.78 is 5.40. The number of rotatable bonds is 6.